The summed E-state index contributed by atoms with van der Waals surface area (Å²) in [5, 5.41) is 15.8. The molecule has 0 bridgehead atoms. The lowest BCUT2D eigenvalue weighted by atomic mass is 10.1. The Morgan fingerprint density at radius 2 is 1.90 bits per heavy atom. The van der Waals surface area contributed by atoms with E-state index in [-0.39, 0.29) is 17.6 Å². The molecular formula is C18H20N8O2S. The number of benzene rings is 2. The molecule has 0 saturated heterocycles. The molecule has 0 unspecified atom stereocenters. The summed E-state index contributed by atoms with van der Waals surface area (Å²) in [5.41, 5.74) is 17.0. The predicted octanol–water partition coefficient (Wildman–Crippen LogP) is 1.49. The standard InChI is InChI=1S/C18H20N8O2S/c1-10(23-24-18(19)20)11-5-7-13(8-6-11)22-17(27)15-9-12-3-2-4-14(26-29-21)16(12)28-25-15/h2-9,25-26H,21H2,1H3,(H,22,27)(H4,19,20,24)/b23-10+. The summed E-state index contributed by atoms with van der Waals surface area (Å²) in [5.74, 6) is 0.0951. The van der Waals surface area contributed by atoms with Gasteiger partial charge in [0.2, 0.25) is 5.96 Å². The summed E-state index contributed by atoms with van der Waals surface area (Å²) in [6.07, 6.45) is 1.70. The Labute approximate surface area is 171 Å². The van der Waals surface area contributed by atoms with Crippen molar-refractivity contribution in [2.24, 2.45) is 26.8 Å². The molecule has 0 aromatic heterocycles. The van der Waals surface area contributed by atoms with E-state index in [0.29, 0.717) is 22.8 Å². The van der Waals surface area contributed by atoms with Crippen LogP contribution < -0.4 is 37.0 Å². The van der Waals surface area contributed by atoms with Gasteiger partial charge in [-0.2, -0.15) is 5.10 Å². The first kappa shape index (κ1) is 20.0. The maximum Gasteiger partial charge on any atom is 0.275 e. The maximum atomic E-state index is 12.6. The molecule has 0 fully saturated rings. The van der Waals surface area contributed by atoms with Crippen LogP contribution >= 0.6 is 12.1 Å². The lowest BCUT2D eigenvalue weighted by Gasteiger charge is -2.20. The number of rotatable bonds is 6. The van der Waals surface area contributed by atoms with Crippen LogP contribution in [0, 0.1) is 0 Å². The molecule has 0 saturated carbocycles. The van der Waals surface area contributed by atoms with Gasteiger partial charge in [-0.3, -0.25) is 9.93 Å². The number of guanidine groups is 1. The normalized spacial score (nSPS) is 12.6. The molecule has 0 radical (unpaired) electrons. The fourth-order valence-electron chi connectivity index (χ4n) is 2.51. The number of carbonyl (C=O) groups excluding carboxylic acids is 1. The molecule has 150 valence electrons. The highest BCUT2D eigenvalue weighted by Crippen LogP contribution is 2.33. The summed E-state index contributed by atoms with van der Waals surface area (Å²) in [6, 6.07) is 12.6. The predicted molar refractivity (Wildman–Crippen MR) is 117 cm³/mol. The van der Waals surface area contributed by atoms with Crippen LogP contribution in [0.15, 0.2) is 58.4 Å². The van der Waals surface area contributed by atoms with Crippen LogP contribution in [0.5, 0.6) is 5.75 Å². The van der Waals surface area contributed by atoms with Gasteiger partial charge in [-0.15, -0.1) is 5.10 Å². The second-order valence-electron chi connectivity index (χ2n) is 5.95. The minimum Gasteiger partial charge on any atom is -0.379 e. The summed E-state index contributed by atoms with van der Waals surface area (Å²) in [4.78, 5) is 18.1. The summed E-state index contributed by atoms with van der Waals surface area (Å²) < 4.78 is 2.92. The van der Waals surface area contributed by atoms with E-state index in [1.54, 1.807) is 37.3 Å². The lowest BCUT2D eigenvalue weighted by molar-refractivity contribution is -0.113. The van der Waals surface area contributed by atoms with Gasteiger partial charge >= 0.3 is 0 Å². The van der Waals surface area contributed by atoms with E-state index in [2.05, 4.69) is 25.7 Å². The summed E-state index contributed by atoms with van der Waals surface area (Å²) >= 11 is 0.958. The Morgan fingerprint density at radius 3 is 2.59 bits per heavy atom. The van der Waals surface area contributed by atoms with Crippen molar-refractivity contribution in [1.82, 2.24) is 5.48 Å². The van der Waals surface area contributed by atoms with Crippen LogP contribution in [0.3, 0.4) is 0 Å². The number of hydroxylamine groups is 1. The van der Waals surface area contributed by atoms with E-state index in [1.165, 1.54) is 0 Å². The zero-order valence-electron chi connectivity index (χ0n) is 15.5. The smallest absolute Gasteiger partial charge is 0.275 e. The van der Waals surface area contributed by atoms with Gasteiger partial charge in [0.05, 0.1) is 11.4 Å². The molecule has 0 aliphatic carbocycles. The van der Waals surface area contributed by atoms with Crippen molar-refractivity contribution in [3.05, 3.63) is 59.3 Å². The molecule has 0 spiro atoms. The quantitative estimate of drug-likeness (QED) is 0.180. The number of para-hydroxylation sites is 1. The summed E-state index contributed by atoms with van der Waals surface area (Å²) in [7, 11) is 0. The molecule has 1 heterocycles. The van der Waals surface area contributed by atoms with Gasteiger partial charge in [0.25, 0.3) is 5.91 Å². The monoisotopic (exact) mass is 412 g/mol. The average Bonchev–Trinajstić information content (AvgIpc) is 2.72. The van der Waals surface area contributed by atoms with Gasteiger partial charge in [0.15, 0.2) is 5.75 Å². The van der Waals surface area contributed by atoms with Crippen molar-refractivity contribution < 1.29 is 9.63 Å². The fraction of sp³-hybridized carbons (Fsp3) is 0.0556. The van der Waals surface area contributed by atoms with Crippen molar-refractivity contribution in [3.63, 3.8) is 0 Å². The zero-order chi connectivity index (χ0) is 20.8. The number of hydrogen-bond donors (Lipinski definition) is 6. The molecule has 29 heavy (non-hydrogen) atoms. The molecule has 1 aliphatic heterocycles. The van der Waals surface area contributed by atoms with Gasteiger partial charge in [-0.05, 0) is 36.8 Å². The highest BCUT2D eigenvalue weighted by Gasteiger charge is 2.19. The number of nitrogens with two attached hydrogens (primary N) is 3. The van der Waals surface area contributed by atoms with Gasteiger partial charge in [-0.25, -0.2) is 5.48 Å². The van der Waals surface area contributed by atoms with E-state index in [9.17, 15) is 4.79 Å². The molecule has 9 N–H and O–H groups in total. The second-order valence-corrected chi connectivity index (χ2v) is 6.39. The van der Waals surface area contributed by atoms with Gasteiger partial charge in [-0.1, -0.05) is 24.3 Å². The van der Waals surface area contributed by atoms with Gasteiger partial charge in [0.1, 0.15) is 5.70 Å². The second kappa shape index (κ2) is 8.99. The van der Waals surface area contributed by atoms with Crippen molar-refractivity contribution >= 4 is 47.2 Å². The Balaban J connectivity index is 1.72. The van der Waals surface area contributed by atoms with Crippen LogP contribution in [0.25, 0.3) is 6.08 Å². The topological polar surface area (TPSA) is 165 Å². The SMILES string of the molecule is C/C(=N\N=C(N)N)c1ccc(NC(=O)C2=Cc3cccc(NSN)c3ON2)cc1. The molecular weight excluding hydrogens is 392 g/mol. The highest BCUT2D eigenvalue weighted by atomic mass is 32.2. The first-order chi connectivity index (χ1) is 14.0. The van der Waals surface area contributed by atoms with Crippen LogP contribution in [-0.4, -0.2) is 17.6 Å². The average molecular weight is 412 g/mol. The molecule has 1 amide bonds. The third-order valence-corrected chi connectivity index (χ3v) is 4.24. The van der Waals surface area contributed by atoms with Crippen molar-refractivity contribution in [3.8, 4) is 5.75 Å². The molecule has 10 nitrogen and oxygen atoms in total. The van der Waals surface area contributed by atoms with E-state index >= 15 is 0 Å². The first-order valence-corrected chi connectivity index (χ1v) is 9.30. The zero-order valence-corrected chi connectivity index (χ0v) is 16.3. The van der Waals surface area contributed by atoms with Crippen LogP contribution in [0.1, 0.15) is 18.1 Å². The molecule has 3 rings (SSSR count). The number of amides is 1. The van der Waals surface area contributed by atoms with Crippen LogP contribution in [0.4, 0.5) is 11.4 Å². The van der Waals surface area contributed by atoms with E-state index in [0.717, 1.165) is 23.3 Å². The Hall–Kier alpha value is -3.70. The van der Waals surface area contributed by atoms with E-state index in [1.807, 2.05) is 18.2 Å². The maximum absolute atomic E-state index is 12.6. The highest BCUT2D eigenvalue weighted by molar-refractivity contribution is 7.98. The van der Waals surface area contributed by atoms with E-state index < -0.39 is 0 Å². The minimum absolute atomic E-state index is 0.116. The molecule has 11 heteroatoms. The minimum atomic E-state index is -0.346. The number of nitrogens with zero attached hydrogens (tertiary/aromatic N) is 2. The first-order valence-electron chi connectivity index (χ1n) is 8.42. The van der Waals surface area contributed by atoms with Crippen molar-refractivity contribution in [2.45, 2.75) is 6.92 Å². The van der Waals surface area contributed by atoms with Gasteiger partial charge < -0.3 is 26.3 Å². The third-order valence-electron chi connectivity index (χ3n) is 3.90. The molecule has 2 aromatic carbocycles. The van der Waals surface area contributed by atoms with Gasteiger partial charge in [0, 0.05) is 23.4 Å². The molecule has 2 aromatic rings. The Kier molecular flexibility index (Phi) is 6.22. The molecule has 1 aliphatic rings. The van der Waals surface area contributed by atoms with Crippen LogP contribution in [-0.2, 0) is 4.79 Å². The summed E-state index contributed by atoms with van der Waals surface area (Å²) in [6.45, 7) is 1.78. The Morgan fingerprint density at radius 1 is 1.14 bits per heavy atom. The van der Waals surface area contributed by atoms with E-state index in [4.69, 9.17) is 21.4 Å². The third kappa shape index (κ3) is 4.97. The lowest BCUT2D eigenvalue weighted by Crippen LogP contribution is -2.30. The number of hydrogen-bond acceptors (Lipinski definition) is 8. The number of nitrogens with one attached hydrogen (secondary N) is 3. The molecule has 0 atom stereocenters. The van der Waals surface area contributed by atoms with Crippen molar-refractivity contribution in [1.29, 1.82) is 0 Å². The largest absolute Gasteiger partial charge is 0.379 e. The fourth-order valence-corrected chi connectivity index (χ4v) is 2.80. The number of anilines is 2. The Bertz CT molecular complexity index is 997. The van der Waals surface area contributed by atoms with Crippen molar-refractivity contribution in [2.75, 3.05) is 10.0 Å². The van der Waals surface area contributed by atoms with Crippen LogP contribution in [0.2, 0.25) is 0 Å². The number of fused-ring (bicyclic) bond motifs is 1. The number of carbonyl (C=O) groups is 1.